The molecule has 6 aromatic rings. The molecule has 0 spiro atoms. The number of nitrogens with zero attached hydrogens (tertiary/aromatic N) is 7. The van der Waals surface area contributed by atoms with E-state index in [2.05, 4.69) is 15.3 Å². The van der Waals surface area contributed by atoms with Gasteiger partial charge in [-0.1, -0.05) is 60.1 Å². The first kappa shape index (κ1) is 33.1. The number of rotatable bonds is 8. The summed E-state index contributed by atoms with van der Waals surface area (Å²) >= 11 is 6.98. The summed E-state index contributed by atoms with van der Waals surface area (Å²) in [6.45, 7) is 2.24. The molecule has 0 radical (unpaired) electrons. The minimum Gasteiger partial charge on any atom is -0.445 e. The molecule has 2 aliphatic rings. The number of fused-ring (bicyclic) bond motifs is 2. The molecule has 51 heavy (non-hydrogen) atoms. The summed E-state index contributed by atoms with van der Waals surface area (Å²) in [5, 5.41) is 13.9. The molecule has 0 bridgehead atoms. The molecule has 1 amide bonds. The first-order valence-corrected chi connectivity index (χ1v) is 17.7. The molecule has 1 N–H and O–H groups in total. The summed E-state index contributed by atoms with van der Waals surface area (Å²) in [6, 6.07) is 20.3. The molecule has 262 valence electrons. The summed E-state index contributed by atoms with van der Waals surface area (Å²) < 4.78 is 30.4. The number of alkyl carbamates (subject to hydrolysis) is 1. The van der Waals surface area contributed by atoms with Crippen LogP contribution in [0, 0.1) is 11.7 Å². The van der Waals surface area contributed by atoms with Crippen LogP contribution in [0.15, 0.2) is 79.1 Å². The number of hydrogen-bond acceptors (Lipinski definition) is 8. The summed E-state index contributed by atoms with van der Waals surface area (Å²) in [6.07, 6.45) is 6.33. The van der Waals surface area contributed by atoms with Gasteiger partial charge in [-0.25, -0.2) is 23.8 Å². The van der Waals surface area contributed by atoms with Crippen LogP contribution < -0.4 is 10.2 Å². The van der Waals surface area contributed by atoms with E-state index in [4.69, 9.17) is 36.1 Å². The lowest BCUT2D eigenvalue weighted by atomic mass is 9.80. The van der Waals surface area contributed by atoms with Gasteiger partial charge in [0.2, 0.25) is 0 Å². The van der Waals surface area contributed by atoms with E-state index < -0.39 is 6.09 Å². The van der Waals surface area contributed by atoms with Crippen molar-refractivity contribution in [2.24, 2.45) is 13.0 Å². The number of hydrogen-bond donors (Lipinski definition) is 1. The maximum absolute atomic E-state index is 15.1. The Morgan fingerprint density at radius 2 is 1.90 bits per heavy atom. The second-order valence-electron chi connectivity index (χ2n) is 13.2. The quantitative estimate of drug-likeness (QED) is 0.174. The van der Waals surface area contributed by atoms with Crippen LogP contribution in [-0.2, 0) is 23.1 Å². The Morgan fingerprint density at radius 1 is 1.06 bits per heavy atom. The summed E-state index contributed by atoms with van der Waals surface area (Å²) in [5.74, 6) is 0.166. The highest BCUT2D eigenvalue weighted by Crippen LogP contribution is 2.39. The predicted molar refractivity (Wildman–Crippen MR) is 193 cm³/mol. The number of piperidine rings is 1. The Hall–Kier alpha value is -5.07. The molecule has 2 aliphatic heterocycles. The van der Waals surface area contributed by atoms with Crippen molar-refractivity contribution in [1.82, 2.24) is 34.8 Å². The lowest BCUT2D eigenvalue weighted by molar-refractivity contribution is -0.0368. The van der Waals surface area contributed by atoms with Crippen LogP contribution >= 0.6 is 11.6 Å². The number of anilines is 1. The molecule has 11 nitrogen and oxygen atoms in total. The van der Waals surface area contributed by atoms with Crippen LogP contribution in [0.25, 0.3) is 33.3 Å². The Morgan fingerprint density at radius 3 is 2.73 bits per heavy atom. The van der Waals surface area contributed by atoms with Crippen LogP contribution in [0.4, 0.5) is 15.0 Å². The van der Waals surface area contributed by atoms with Gasteiger partial charge < -0.3 is 19.7 Å². The normalized spacial score (nSPS) is 19.4. The highest BCUT2D eigenvalue weighted by molar-refractivity contribution is 6.38. The zero-order valence-electron chi connectivity index (χ0n) is 28.2. The van der Waals surface area contributed by atoms with E-state index in [9.17, 15) is 4.79 Å². The van der Waals surface area contributed by atoms with Gasteiger partial charge in [-0.05, 0) is 60.9 Å². The van der Waals surface area contributed by atoms with Gasteiger partial charge in [-0.2, -0.15) is 10.2 Å². The maximum atomic E-state index is 15.1. The summed E-state index contributed by atoms with van der Waals surface area (Å²) in [5.41, 5.74) is 4.94. The van der Waals surface area contributed by atoms with Crippen molar-refractivity contribution in [2.75, 3.05) is 31.1 Å². The average Bonchev–Trinajstić information content (AvgIpc) is 3.74. The topological polar surface area (TPSA) is 112 Å². The van der Waals surface area contributed by atoms with Gasteiger partial charge in [-0.15, -0.1) is 0 Å². The second-order valence-corrected chi connectivity index (χ2v) is 13.6. The van der Waals surface area contributed by atoms with E-state index in [1.807, 2.05) is 72.5 Å². The van der Waals surface area contributed by atoms with E-state index in [0.29, 0.717) is 65.9 Å². The Labute approximate surface area is 299 Å². The van der Waals surface area contributed by atoms with E-state index in [0.717, 1.165) is 41.3 Å². The number of amides is 1. The molecule has 3 aromatic heterocycles. The van der Waals surface area contributed by atoms with Crippen molar-refractivity contribution in [1.29, 1.82) is 0 Å². The van der Waals surface area contributed by atoms with Gasteiger partial charge in [0, 0.05) is 56.4 Å². The number of benzene rings is 3. The van der Waals surface area contributed by atoms with Crippen molar-refractivity contribution < 1.29 is 18.7 Å². The monoisotopic (exact) mass is 708 g/mol. The molecule has 3 aromatic carbocycles. The van der Waals surface area contributed by atoms with Crippen LogP contribution in [-0.4, -0.2) is 61.9 Å². The van der Waals surface area contributed by atoms with Gasteiger partial charge in [0.15, 0.2) is 11.9 Å². The molecule has 0 aliphatic carbocycles. The Kier molecular flexibility index (Phi) is 9.26. The van der Waals surface area contributed by atoms with Crippen molar-refractivity contribution in [2.45, 2.75) is 44.4 Å². The number of aryl methyl sites for hydroxylation is 1. The lowest BCUT2D eigenvalue weighted by Gasteiger charge is -2.39. The second kappa shape index (κ2) is 14.3. The smallest absolute Gasteiger partial charge is 0.407 e. The SMILES string of the molecule is Cn1cc2c(Cl)c(-c3nn(C4CCCCO4)c4nc(N5CC[C@@H](c6ccccc6F)[C@@H](CNC(=O)OCc6ccccc6)C5)cnc34)ccc2n1. The van der Waals surface area contributed by atoms with Crippen molar-refractivity contribution in [3.8, 4) is 11.3 Å². The van der Waals surface area contributed by atoms with Crippen LogP contribution in [0.5, 0.6) is 0 Å². The molecule has 8 rings (SSSR count). The van der Waals surface area contributed by atoms with Crippen molar-refractivity contribution >= 4 is 45.6 Å². The minimum atomic E-state index is -0.517. The van der Waals surface area contributed by atoms with Gasteiger partial charge >= 0.3 is 6.09 Å². The number of carbonyl (C=O) groups excluding carboxylic acids is 1. The molecule has 13 heteroatoms. The highest BCUT2D eigenvalue weighted by Gasteiger charge is 2.34. The third-order valence-electron chi connectivity index (χ3n) is 9.90. The van der Waals surface area contributed by atoms with Gasteiger partial charge in [-0.3, -0.25) is 4.68 Å². The predicted octanol–water partition coefficient (Wildman–Crippen LogP) is 7.41. The largest absolute Gasteiger partial charge is 0.445 e. The van der Waals surface area contributed by atoms with E-state index in [-0.39, 0.29) is 30.5 Å². The summed E-state index contributed by atoms with van der Waals surface area (Å²) in [4.78, 5) is 25.1. The highest BCUT2D eigenvalue weighted by atomic mass is 35.5. The van der Waals surface area contributed by atoms with Crippen molar-refractivity contribution in [3.05, 3.63) is 101 Å². The van der Waals surface area contributed by atoms with Gasteiger partial charge in [0.1, 0.15) is 29.5 Å². The fraction of sp³-hybridized carbons (Fsp3) is 0.342. The van der Waals surface area contributed by atoms with E-state index in [1.54, 1.807) is 16.9 Å². The van der Waals surface area contributed by atoms with Crippen LogP contribution in [0.2, 0.25) is 5.02 Å². The third kappa shape index (κ3) is 6.73. The van der Waals surface area contributed by atoms with Gasteiger partial charge in [0.25, 0.3) is 0 Å². The molecule has 3 atom stereocenters. The first-order valence-electron chi connectivity index (χ1n) is 17.4. The molecule has 0 saturated carbocycles. The number of halogens is 2. The third-order valence-corrected chi connectivity index (χ3v) is 10.3. The number of nitrogens with one attached hydrogen (secondary N) is 1. The number of aromatic nitrogens is 6. The molecule has 1 unspecified atom stereocenters. The number of ether oxygens (including phenoxy) is 2. The first-order chi connectivity index (χ1) is 24.9. The van der Waals surface area contributed by atoms with Crippen LogP contribution in [0.1, 0.15) is 49.0 Å². The van der Waals surface area contributed by atoms with E-state index >= 15 is 4.39 Å². The summed E-state index contributed by atoms with van der Waals surface area (Å²) in [7, 11) is 1.87. The number of carbonyl (C=O) groups is 1. The van der Waals surface area contributed by atoms with Crippen LogP contribution in [0.3, 0.4) is 0 Å². The van der Waals surface area contributed by atoms with Crippen molar-refractivity contribution in [3.63, 3.8) is 0 Å². The standard InChI is InChI=1S/C38H38ClFN8O3/c1-46-22-29-31(44-46)15-14-28(34(29)39)35-36-37(48(45-35)33-13-7-8-18-50-33)43-32(20-41-36)47-17-16-26(27-11-5-6-12-30(27)40)25(21-47)19-42-38(49)51-23-24-9-3-2-4-10-24/h2-6,9-12,14-15,20,22,25-26,33H,7-8,13,16-19,21,23H2,1H3,(H,42,49)/t25-,26+,33?/m0/s1. The molecular weight excluding hydrogens is 671 g/mol. The zero-order chi connectivity index (χ0) is 34.9. The molecule has 5 heterocycles. The van der Waals surface area contributed by atoms with E-state index in [1.165, 1.54) is 6.07 Å². The Bertz CT molecular complexity index is 2180. The fourth-order valence-corrected chi connectivity index (χ4v) is 7.63. The van der Waals surface area contributed by atoms with Gasteiger partial charge in [0.05, 0.1) is 16.7 Å². The lowest BCUT2D eigenvalue weighted by Crippen LogP contribution is -2.45. The minimum absolute atomic E-state index is 0.120. The molecule has 2 fully saturated rings. The fourth-order valence-electron chi connectivity index (χ4n) is 7.33. The molecular formula is C38H38ClFN8O3. The Balaban J connectivity index is 1.10. The zero-order valence-corrected chi connectivity index (χ0v) is 29.0. The molecule has 2 saturated heterocycles. The average molecular weight is 709 g/mol. The maximum Gasteiger partial charge on any atom is 0.407 e.